The van der Waals surface area contributed by atoms with Gasteiger partial charge in [-0.05, 0) is 121 Å². The van der Waals surface area contributed by atoms with E-state index in [1.165, 1.54) is 44.5 Å². The molecule has 0 bridgehead atoms. The number of hydrogen-bond donors (Lipinski definition) is 0. The van der Waals surface area contributed by atoms with Gasteiger partial charge in [-0.2, -0.15) is 0 Å². The lowest BCUT2D eigenvalue weighted by molar-refractivity contribution is 0.291. The molecule has 13 rings (SSSR count). The van der Waals surface area contributed by atoms with Crippen LogP contribution in [0.1, 0.15) is 35.1 Å². The molecule has 0 N–H and O–H groups in total. The Balaban J connectivity index is 0.891. The van der Waals surface area contributed by atoms with Crippen LogP contribution in [0.2, 0.25) is 0 Å². The predicted molar refractivity (Wildman–Crippen MR) is 280 cm³/mol. The fourth-order valence-corrected chi connectivity index (χ4v) is 11.0. The summed E-state index contributed by atoms with van der Waals surface area (Å²) >= 11 is 0. The van der Waals surface area contributed by atoms with E-state index in [-0.39, 0.29) is 0 Å². The minimum atomic E-state index is -0.459. The van der Waals surface area contributed by atoms with Gasteiger partial charge < -0.3 is 9.47 Å². The molecule has 0 atom stereocenters. The van der Waals surface area contributed by atoms with Crippen molar-refractivity contribution in [1.29, 1.82) is 0 Å². The third-order valence-electron chi connectivity index (χ3n) is 14.1. The number of fused-ring (bicyclic) bond motifs is 4. The van der Waals surface area contributed by atoms with Crippen LogP contribution in [0.3, 0.4) is 0 Å². The smallest absolute Gasteiger partial charge is 0.173 e. The van der Waals surface area contributed by atoms with E-state index in [9.17, 15) is 0 Å². The maximum absolute atomic E-state index is 7.15. The third-order valence-corrected chi connectivity index (χ3v) is 14.1. The summed E-state index contributed by atoms with van der Waals surface area (Å²) in [5, 5.41) is 0. The molecular weight excluding hydrogens is 839 g/mol. The lowest BCUT2D eigenvalue weighted by atomic mass is 9.65. The van der Waals surface area contributed by atoms with Crippen LogP contribution in [-0.2, 0) is 5.41 Å². The van der Waals surface area contributed by atoms with Crippen molar-refractivity contribution in [1.82, 2.24) is 4.98 Å². The largest absolute Gasteiger partial charge is 0.454 e. The predicted octanol–water partition coefficient (Wildman–Crippen LogP) is 16.7. The molecule has 9 aromatic carbocycles. The van der Waals surface area contributed by atoms with Gasteiger partial charge in [0.25, 0.3) is 0 Å². The minimum Gasteiger partial charge on any atom is -0.454 e. The number of pyridine rings is 1. The normalized spacial score (nSPS) is 14.2. The van der Waals surface area contributed by atoms with Gasteiger partial charge in [0.2, 0.25) is 0 Å². The second kappa shape index (κ2) is 16.8. The maximum atomic E-state index is 7.15. The van der Waals surface area contributed by atoms with Crippen molar-refractivity contribution in [3.63, 3.8) is 0 Å². The fourth-order valence-electron chi connectivity index (χ4n) is 11.0. The average Bonchev–Trinajstić information content (AvgIpc) is 3.75. The summed E-state index contributed by atoms with van der Waals surface area (Å²) in [7, 11) is 0. The van der Waals surface area contributed by atoms with E-state index < -0.39 is 5.41 Å². The average molecular weight is 884 g/mol. The van der Waals surface area contributed by atoms with Gasteiger partial charge in [0.1, 0.15) is 5.76 Å². The van der Waals surface area contributed by atoms with Crippen LogP contribution in [0, 0.1) is 0 Å². The lowest BCUT2D eigenvalue weighted by Crippen LogP contribution is -2.31. The second-order valence-electron chi connectivity index (χ2n) is 18.1. The zero-order valence-electron chi connectivity index (χ0n) is 37.8. The molecule has 10 aromatic rings. The summed E-state index contributed by atoms with van der Waals surface area (Å²) in [6.45, 7) is 0. The zero-order valence-corrected chi connectivity index (χ0v) is 37.8. The number of ether oxygens (including phenoxy) is 2. The Kier molecular flexibility index (Phi) is 9.87. The molecule has 3 heteroatoms. The Morgan fingerprint density at radius 2 is 0.797 bits per heavy atom. The first kappa shape index (κ1) is 40.5. The standard InChI is InChI=1S/C66H45NO2/c1-5-18-44(19-6-1)46-22-15-25-49(38-46)53-41-59(51-26-16-23-47(39-51)45-20-7-2-8-21-45)67-60(42-53)52-27-17-24-48(40-52)50-34-36-61-63(43-50)69-65-62(68-61)37-35-58-64(65)56-32-13-14-33-57(56)66(58,54-28-9-3-10-29-54)55-30-11-4-12-31-55/h1-34,36,38-43H,35,37H2. The van der Waals surface area contributed by atoms with Gasteiger partial charge in [0, 0.05) is 23.1 Å². The molecule has 0 radical (unpaired) electrons. The van der Waals surface area contributed by atoms with Gasteiger partial charge in [-0.3, -0.25) is 0 Å². The number of rotatable bonds is 8. The highest BCUT2D eigenvalue weighted by molar-refractivity contribution is 5.94. The highest BCUT2D eigenvalue weighted by atomic mass is 16.6. The Hall–Kier alpha value is -8.79. The van der Waals surface area contributed by atoms with E-state index in [4.69, 9.17) is 14.5 Å². The molecule has 3 nitrogen and oxygen atoms in total. The van der Waals surface area contributed by atoms with E-state index in [0.717, 1.165) is 86.0 Å². The van der Waals surface area contributed by atoms with E-state index in [1.54, 1.807) is 0 Å². The summed E-state index contributed by atoms with van der Waals surface area (Å²) in [5.41, 5.74) is 19.9. The number of allylic oxidation sites excluding steroid dienone is 3. The van der Waals surface area contributed by atoms with Crippen molar-refractivity contribution in [2.24, 2.45) is 0 Å². The highest BCUT2D eigenvalue weighted by Gasteiger charge is 2.51. The van der Waals surface area contributed by atoms with E-state index in [1.807, 2.05) is 0 Å². The molecule has 0 spiro atoms. The van der Waals surface area contributed by atoms with Crippen molar-refractivity contribution in [2.45, 2.75) is 18.3 Å². The van der Waals surface area contributed by atoms with Gasteiger partial charge in [-0.15, -0.1) is 0 Å². The minimum absolute atomic E-state index is 0.459. The van der Waals surface area contributed by atoms with Gasteiger partial charge in [-0.1, -0.05) is 206 Å². The Labute approximate surface area is 403 Å². The van der Waals surface area contributed by atoms with Crippen LogP contribution in [0.4, 0.5) is 0 Å². The Morgan fingerprint density at radius 3 is 1.39 bits per heavy atom. The molecule has 2 aliphatic carbocycles. The van der Waals surface area contributed by atoms with Crippen molar-refractivity contribution in [2.75, 3.05) is 0 Å². The molecule has 326 valence electrons. The maximum Gasteiger partial charge on any atom is 0.173 e. The molecule has 0 saturated heterocycles. The summed E-state index contributed by atoms with van der Waals surface area (Å²) in [6, 6.07) is 88.9. The topological polar surface area (TPSA) is 31.4 Å². The van der Waals surface area contributed by atoms with Gasteiger partial charge in [-0.25, -0.2) is 4.98 Å². The van der Waals surface area contributed by atoms with Crippen LogP contribution < -0.4 is 9.47 Å². The monoisotopic (exact) mass is 883 g/mol. The molecule has 0 fully saturated rings. The molecule has 0 unspecified atom stereocenters. The SMILES string of the molecule is c1ccc(-c2cccc(-c3cc(-c4cccc(-c5ccccc5)c4)nc(-c4cccc(-c5ccc6c(c5)OC5=C(CCC7=C5c5ccccc5C7(c5ccccc5)c5ccccc5)O6)c4)c3)c2)cc1. The van der Waals surface area contributed by atoms with E-state index >= 15 is 0 Å². The van der Waals surface area contributed by atoms with Crippen molar-refractivity contribution >= 4 is 5.57 Å². The Bertz CT molecular complexity index is 3510. The van der Waals surface area contributed by atoms with Crippen LogP contribution in [-0.4, -0.2) is 4.98 Å². The third kappa shape index (κ3) is 7.01. The van der Waals surface area contributed by atoms with Crippen molar-refractivity contribution < 1.29 is 9.47 Å². The molecule has 0 saturated carbocycles. The summed E-state index contributed by atoms with van der Waals surface area (Å²) in [6.07, 6.45) is 1.60. The van der Waals surface area contributed by atoms with Crippen LogP contribution in [0.15, 0.2) is 266 Å². The number of hydrogen-bond acceptors (Lipinski definition) is 3. The van der Waals surface area contributed by atoms with Gasteiger partial charge in [0.15, 0.2) is 17.3 Å². The van der Waals surface area contributed by atoms with Crippen LogP contribution >= 0.6 is 0 Å². The first-order valence-corrected chi connectivity index (χ1v) is 23.8. The van der Waals surface area contributed by atoms with Crippen LogP contribution in [0.5, 0.6) is 11.5 Å². The number of aromatic nitrogens is 1. The first-order chi connectivity index (χ1) is 34.2. The molecule has 69 heavy (non-hydrogen) atoms. The van der Waals surface area contributed by atoms with Gasteiger partial charge >= 0.3 is 0 Å². The highest BCUT2D eigenvalue weighted by Crippen LogP contribution is 2.60. The molecule has 3 aliphatic rings. The first-order valence-electron chi connectivity index (χ1n) is 23.8. The van der Waals surface area contributed by atoms with E-state index in [0.29, 0.717) is 5.75 Å². The molecule has 0 amide bonds. The Morgan fingerprint density at radius 1 is 0.333 bits per heavy atom. The zero-order chi connectivity index (χ0) is 45.7. The van der Waals surface area contributed by atoms with Crippen molar-refractivity contribution in [3.8, 4) is 78.5 Å². The second-order valence-corrected chi connectivity index (χ2v) is 18.1. The van der Waals surface area contributed by atoms with Gasteiger partial charge in [0.05, 0.1) is 16.8 Å². The molecule has 1 aromatic heterocycles. The summed E-state index contributed by atoms with van der Waals surface area (Å²) in [5.74, 6) is 3.14. The van der Waals surface area contributed by atoms with Crippen LogP contribution in [0.25, 0.3) is 72.6 Å². The lowest BCUT2D eigenvalue weighted by Gasteiger charge is -2.37. The number of nitrogens with zero attached hydrogens (tertiary/aromatic N) is 1. The fraction of sp³-hybridized carbons (Fsp3) is 0.0455. The van der Waals surface area contributed by atoms with E-state index in [2.05, 4.69) is 249 Å². The summed E-state index contributed by atoms with van der Waals surface area (Å²) in [4.78, 5) is 5.41. The summed E-state index contributed by atoms with van der Waals surface area (Å²) < 4.78 is 14.0. The quantitative estimate of drug-likeness (QED) is 0.152. The molecular formula is C66H45NO2. The molecule has 1 aliphatic heterocycles. The van der Waals surface area contributed by atoms with Crippen molar-refractivity contribution in [3.05, 3.63) is 288 Å². The molecule has 2 heterocycles. The number of benzene rings is 9.